The summed E-state index contributed by atoms with van der Waals surface area (Å²) in [5.74, 6) is -3.08. The molecular weight excluding hydrogens is 388 g/mol. The first-order valence-electron chi connectivity index (χ1n) is 9.73. The van der Waals surface area contributed by atoms with Crippen molar-refractivity contribution in [1.82, 2.24) is 10.6 Å². The molecule has 4 rings (SSSR count). The van der Waals surface area contributed by atoms with Crippen molar-refractivity contribution < 1.29 is 30.0 Å². The average Bonchev–Trinajstić information content (AvgIpc) is 3.38. The van der Waals surface area contributed by atoms with Crippen LogP contribution in [0.15, 0.2) is 60.7 Å². The van der Waals surface area contributed by atoms with Crippen LogP contribution in [0.2, 0.25) is 0 Å². The van der Waals surface area contributed by atoms with Gasteiger partial charge in [0.05, 0.1) is 12.2 Å². The Morgan fingerprint density at radius 1 is 0.633 bits per heavy atom. The summed E-state index contributed by atoms with van der Waals surface area (Å²) in [7, 11) is 0. The van der Waals surface area contributed by atoms with Gasteiger partial charge in [-0.05, 0) is 11.1 Å². The minimum atomic E-state index is -1.82. The first kappa shape index (κ1) is 23.5. The van der Waals surface area contributed by atoms with E-state index in [1.165, 1.54) is 11.1 Å². The molecule has 2 fully saturated rings. The van der Waals surface area contributed by atoms with Crippen molar-refractivity contribution in [3.05, 3.63) is 71.8 Å². The molecule has 0 aromatic heterocycles. The number of aliphatic hydroxyl groups is 2. The van der Waals surface area contributed by atoms with Crippen molar-refractivity contribution in [2.45, 2.75) is 24.0 Å². The van der Waals surface area contributed by atoms with Crippen molar-refractivity contribution in [3.8, 4) is 0 Å². The van der Waals surface area contributed by atoms with Crippen LogP contribution in [-0.4, -0.2) is 70.8 Å². The first-order chi connectivity index (χ1) is 14.4. The normalized spacial score (nSPS) is 24.7. The van der Waals surface area contributed by atoms with Crippen molar-refractivity contribution in [2.24, 2.45) is 0 Å². The molecule has 2 heterocycles. The zero-order valence-electron chi connectivity index (χ0n) is 16.5. The number of aliphatic carboxylic acids is 2. The monoisotopic (exact) mass is 416 g/mol. The van der Waals surface area contributed by atoms with Gasteiger partial charge in [0.2, 0.25) is 0 Å². The van der Waals surface area contributed by atoms with Crippen LogP contribution < -0.4 is 10.6 Å². The van der Waals surface area contributed by atoms with Gasteiger partial charge in [-0.15, -0.1) is 0 Å². The van der Waals surface area contributed by atoms with Crippen molar-refractivity contribution >= 4 is 11.9 Å². The second-order valence-corrected chi connectivity index (χ2v) is 7.10. The number of nitrogens with one attached hydrogen (secondary N) is 2. The lowest BCUT2D eigenvalue weighted by molar-refractivity contribution is -0.159. The van der Waals surface area contributed by atoms with Gasteiger partial charge in [-0.2, -0.15) is 0 Å². The Kier molecular flexibility index (Phi) is 9.43. The lowest BCUT2D eigenvalue weighted by Gasteiger charge is -2.12. The van der Waals surface area contributed by atoms with Gasteiger partial charge in [0, 0.05) is 38.0 Å². The number of benzene rings is 2. The number of hydrogen-bond donors (Lipinski definition) is 6. The summed E-state index contributed by atoms with van der Waals surface area (Å²) >= 11 is 0. The molecule has 162 valence electrons. The molecule has 2 saturated heterocycles. The Labute approximate surface area is 175 Å². The molecule has 0 spiro atoms. The maximum Gasteiger partial charge on any atom is 0.414 e. The Hall–Kier alpha value is -2.78. The highest BCUT2D eigenvalue weighted by Gasteiger charge is 2.26. The highest BCUT2D eigenvalue weighted by molar-refractivity contribution is 6.27. The van der Waals surface area contributed by atoms with Crippen LogP contribution in [0.1, 0.15) is 23.0 Å². The molecule has 2 aromatic rings. The van der Waals surface area contributed by atoms with Crippen LogP contribution in [0.5, 0.6) is 0 Å². The third-order valence-corrected chi connectivity index (χ3v) is 5.00. The molecule has 0 saturated carbocycles. The van der Waals surface area contributed by atoms with Crippen LogP contribution >= 0.6 is 0 Å². The van der Waals surface area contributed by atoms with Crippen LogP contribution in [0.3, 0.4) is 0 Å². The molecule has 0 bridgehead atoms. The number of aliphatic hydroxyl groups excluding tert-OH is 2. The van der Waals surface area contributed by atoms with E-state index < -0.39 is 11.9 Å². The van der Waals surface area contributed by atoms with E-state index >= 15 is 0 Å². The third-order valence-electron chi connectivity index (χ3n) is 5.00. The van der Waals surface area contributed by atoms with E-state index in [4.69, 9.17) is 19.8 Å². The van der Waals surface area contributed by atoms with Crippen molar-refractivity contribution in [2.75, 3.05) is 26.2 Å². The minimum absolute atomic E-state index is 0.215. The molecule has 8 heteroatoms. The maximum absolute atomic E-state index is 9.58. The largest absolute Gasteiger partial charge is 0.473 e. The van der Waals surface area contributed by atoms with E-state index in [1.54, 1.807) is 0 Å². The highest BCUT2D eigenvalue weighted by atomic mass is 16.4. The summed E-state index contributed by atoms with van der Waals surface area (Å²) in [6, 6.07) is 20.3. The number of carboxylic acids is 2. The molecule has 2 aliphatic heterocycles. The Balaban J connectivity index is 0.000000171. The molecule has 2 aromatic carbocycles. The standard InChI is InChI=1S/2C10H13NO.C2H2O4/c2*12-10-7-11-6-9(10)8-4-2-1-3-5-8;3-1(4)2(5)6/h2*1-5,9-12H,6-7H2;(H,3,4)(H,5,6)/t2*9?,10-;/m11./s1. The summed E-state index contributed by atoms with van der Waals surface area (Å²) in [5, 5.41) is 40.3. The minimum Gasteiger partial charge on any atom is -0.473 e. The first-order valence-corrected chi connectivity index (χ1v) is 9.73. The lowest BCUT2D eigenvalue weighted by atomic mass is 9.96. The van der Waals surface area contributed by atoms with E-state index in [0.29, 0.717) is 0 Å². The molecule has 0 aliphatic carbocycles. The topological polar surface area (TPSA) is 139 Å². The zero-order chi connectivity index (χ0) is 21.9. The van der Waals surface area contributed by atoms with Gasteiger partial charge < -0.3 is 31.1 Å². The molecule has 0 radical (unpaired) electrons. The summed E-state index contributed by atoms with van der Waals surface area (Å²) in [4.78, 5) is 18.2. The van der Waals surface area contributed by atoms with E-state index in [0.717, 1.165) is 26.2 Å². The average molecular weight is 416 g/mol. The Morgan fingerprint density at radius 2 is 0.967 bits per heavy atom. The number of carbonyl (C=O) groups is 2. The Bertz CT molecular complexity index is 719. The second kappa shape index (κ2) is 12.0. The predicted molar refractivity (Wildman–Crippen MR) is 111 cm³/mol. The van der Waals surface area contributed by atoms with E-state index in [2.05, 4.69) is 34.9 Å². The molecule has 4 atom stereocenters. The van der Waals surface area contributed by atoms with Gasteiger partial charge in [-0.1, -0.05) is 60.7 Å². The smallest absolute Gasteiger partial charge is 0.414 e. The third kappa shape index (κ3) is 7.23. The summed E-state index contributed by atoms with van der Waals surface area (Å²) < 4.78 is 0. The van der Waals surface area contributed by atoms with Crippen LogP contribution in [-0.2, 0) is 9.59 Å². The van der Waals surface area contributed by atoms with Crippen LogP contribution in [0, 0.1) is 0 Å². The number of hydrogen-bond acceptors (Lipinski definition) is 6. The van der Waals surface area contributed by atoms with Gasteiger partial charge in [0.1, 0.15) is 0 Å². The van der Waals surface area contributed by atoms with Crippen LogP contribution in [0.25, 0.3) is 0 Å². The summed E-state index contributed by atoms with van der Waals surface area (Å²) in [6.07, 6.45) is -0.431. The zero-order valence-corrected chi connectivity index (χ0v) is 16.5. The quantitative estimate of drug-likeness (QED) is 0.392. The fourth-order valence-electron chi connectivity index (χ4n) is 3.41. The molecular formula is C22H28N2O6. The predicted octanol–water partition coefficient (Wildman–Crippen LogP) is 0.624. The molecule has 6 N–H and O–H groups in total. The fraction of sp³-hybridized carbons (Fsp3) is 0.364. The fourth-order valence-corrected chi connectivity index (χ4v) is 3.41. The summed E-state index contributed by atoms with van der Waals surface area (Å²) in [6.45, 7) is 3.23. The molecule has 8 nitrogen and oxygen atoms in total. The number of β-amino-alcohol motifs (C(OH)–C–C–N with tert-alkyl or cyclic N) is 2. The van der Waals surface area contributed by atoms with Gasteiger partial charge >= 0.3 is 11.9 Å². The van der Waals surface area contributed by atoms with Gasteiger partial charge in [0.25, 0.3) is 0 Å². The van der Waals surface area contributed by atoms with E-state index in [9.17, 15) is 10.2 Å². The number of carboxylic acid groups (broad SMARTS) is 2. The van der Waals surface area contributed by atoms with Gasteiger partial charge in [-0.25, -0.2) is 9.59 Å². The van der Waals surface area contributed by atoms with Crippen molar-refractivity contribution in [1.29, 1.82) is 0 Å². The number of rotatable bonds is 2. The maximum atomic E-state index is 9.58. The van der Waals surface area contributed by atoms with Crippen molar-refractivity contribution in [3.63, 3.8) is 0 Å². The molecule has 2 aliphatic rings. The van der Waals surface area contributed by atoms with E-state index in [-0.39, 0.29) is 24.0 Å². The molecule has 2 unspecified atom stereocenters. The summed E-state index contributed by atoms with van der Waals surface area (Å²) in [5.41, 5.74) is 2.46. The van der Waals surface area contributed by atoms with Gasteiger partial charge in [-0.3, -0.25) is 0 Å². The van der Waals surface area contributed by atoms with E-state index in [1.807, 2.05) is 36.4 Å². The van der Waals surface area contributed by atoms with Crippen LogP contribution in [0.4, 0.5) is 0 Å². The molecule has 30 heavy (non-hydrogen) atoms. The molecule has 0 amide bonds. The highest BCUT2D eigenvalue weighted by Crippen LogP contribution is 2.22. The lowest BCUT2D eigenvalue weighted by Crippen LogP contribution is -2.15. The Morgan fingerprint density at radius 3 is 1.20 bits per heavy atom. The SMILES string of the molecule is O=C(O)C(=O)O.O[C@@H]1CNCC1c1ccccc1.O[C@@H]1CNCC1c1ccccc1. The van der Waals surface area contributed by atoms with Gasteiger partial charge in [0.15, 0.2) is 0 Å². The second-order valence-electron chi connectivity index (χ2n) is 7.10.